The highest BCUT2D eigenvalue weighted by molar-refractivity contribution is 7.18. The molecule has 1 fully saturated rings. The highest BCUT2D eigenvalue weighted by Crippen LogP contribution is 2.31. The predicted molar refractivity (Wildman–Crippen MR) is 135 cm³/mol. The second-order valence-corrected chi connectivity index (χ2v) is 9.96. The van der Waals surface area contributed by atoms with Crippen molar-refractivity contribution in [1.82, 2.24) is 19.9 Å². The maximum atomic E-state index is 9.83. The Balaban J connectivity index is 1.22. The number of fused-ring (bicyclic) bond motifs is 1. The monoisotopic (exact) mass is 485 g/mol. The van der Waals surface area contributed by atoms with E-state index >= 15 is 0 Å². The average Bonchev–Trinajstić information content (AvgIpc) is 3.27. The molecule has 35 heavy (non-hydrogen) atoms. The lowest BCUT2D eigenvalue weighted by molar-refractivity contribution is -0.0704. The molecule has 1 saturated heterocycles. The number of hydrogen-bond acceptors (Lipinski definition) is 8. The molecule has 5 rings (SSSR count). The summed E-state index contributed by atoms with van der Waals surface area (Å²) in [7, 11) is 0. The van der Waals surface area contributed by atoms with E-state index in [-0.39, 0.29) is 18.2 Å². The normalized spacial score (nSPS) is 19.3. The van der Waals surface area contributed by atoms with Crippen LogP contribution in [0.3, 0.4) is 0 Å². The summed E-state index contributed by atoms with van der Waals surface area (Å²) in [5.41, 5.74) is 3.77. The summed E-state index contributed by atoms with van der Waals surface area (Å²) in [6.45, 7) is 7.41. The van der Waals surface area contributed by atoms with Crippen molar-refractivity contribution in [2.24, 2.45) is 0 Å². The zero-order valence-corrected chi connectivity index (χ0v) is 20.6. The molecule has 0 radical (unpaired) electrons. The van der Waals surface area contributed by atoms with E-state index in [9.17, 15) is 5.26 Å². The number of ether oxygens (including phenoxy) is 2. The molecule has 1 aliphatic rings. The van der Waals surface area contributed by atoms with Gasteiger partial charge in [0.05, 0.1) is 34.2 Å². The van der Waals surface area contributed by atoms with E-state index in [1.165, 1.54) is 16.9 Å². The Morgan fingerprint density at radius 2 is 1.80 bits per heavy atom. The van der Waals surface area contributed by atoms with Gasteiger partial charge in [0.2, 0.25) is 0 Å². The zero-order valence-electron chi connectivity index (χ0n) is 19.8. The van der Waals surface area contributed by atoms with Crippen molar-refractivity contribution < 1.29 is 9.47 Å². The van der Waals surface area contributed by atoms with Gasteiger partial charge in [-0.2, -0.15) is 10.2 Å². The molecule has 0 N–H and O–H groups in total. The van der Waals surface area contributed by atoms with Crippen LogP contribution >= 0.6 is 11.3 Å². The fourth-order valence-electron chi connectivity index (χ4n) is 4.41. The van der Waals surface area contributed by atoms with Crippen LogP contribution in [0.1, 0.15) is 41.6 Å². The van der Waals surface area contributed by atoms with Gasteiger partial charge in [-0.25, -0.2) is 9.97 Å². The Bertz CT molecular complexity index is 1290. The molecule has 0 saturated carbocycles. The largest absolute Gasteiger partial charge is 0.459 e. The highest BCUT2D eigenvalue weighted by atomic mass is 32.1. The number of nitrogens with zero attached hydrogens (tertiary/aromatic N) is 5. The van der Waals surface area contributed by atoms with Crippen molar-refractivity contribution in [2.45, 2.75) is 45.1 Å². The SMILES string of the molecule is CC1CN(Cc2ccc(COc3nccc(C(C#N)c4nc5ccccc5s4)n3)cc2)CC(C)O1. The van der Waals surface area contributed by atoms with Crippen LogP contribution in [-0.2, 0) is 17.9 Å². The molecule has 3 heterocycles. The van der Waals surface area contributed by atoms with E-state index in [1.54, 1.807) is 12.3 Å². The minimum Gasteiger partial charge on any atom is -0.459 e. The molecular weight excluding hydrogens is 458 g/mol. The first kappa shape index (κ1) is 23.4. The Labute approximate surface area is 209 Å². The number of nitriles is 1. The maximum absolute atomic E-state index is 9.83. The van der Waals surface area contributed by atoms with Crippen LogP contribution in [0.2, 0.25) is 0 Å². The van der Waals surface area contributed by atoms with Gasteiger partial charge >= 0.3 is 6.01 Å². The first-order chi connectivity index (χ1) is 17.1. The lowest BCUT2D eigenvalue weighted by Gasteiger charge is -2.35. The second-order valence-electron chi connectivity index (χ2n) is 8.90. The lowest BCUT2D eigenvalue weighted by atomic mass is 10.1. The number of para-hydroxylation sites is 1. The summed E-state index contributed by atoms with van der Waals surface area (Å²) in [6, 6.07) is 20.6. The van der Waals surface area contributed by atoms with Crippen molar-refractivity contribution in [3.05, 3.63) is 82.6 Å². The summed E-state index contributed by atoms with van der Waals surface area (Å²) in [5, 5.41) is 10.6. The van der Waals surface area contributed by atoms with E-state index in [1.807, 2.05) is 24.3 Å². The predicted octanol–water partition coefficient (Wildman–Crippen LogP) is 4.93. The summed E-state index contributed by atoms with van der Waals surface area (Å²) in [6.07, 6.45) is 2.15. The third kappa shape index (κ3) is 5.65. The number of rotatable bonds is 7. The van der Waals surface area contributed by atoms with Crippen LogP contribution in [0.4, 0.5) is 0 Å². The molecule has 4 aromatic rings. The molecule has 3 unspecified atom stereocenters. The third-order valence-corrected chi connectivity index (χ3v) is 7.03. The third-order valence-electron chi connectivity index (χ3n) is 5.93. The molecule has 0 amide bonds. The van der Waals surface area contributed by atoms with Crippen LogP contribution in [0.15, 0.2) is 60.8 Å². The van der Waals surface area contributed by atoms with E-state index in [0.29, 0.717) is 12.3 Å². The van der Waals surface area contributed by atoms with E-state index in [2.05, 4.69) is 64.0 Å². The Hall–Kier alpha value is -3.38. The van der Waals surface area contributed by atoms with Gasteiger partial charge in [-0.3, -0.25) is 4.90 Å². The zero-order chi connectivity index (χ0) is 24.2. The van der Waals surface area contributed by atoms with Crippen molar-refractivity contribution in [3.8, 4) is 12.1 Å². The van der Waals surface area contributed by atoms with Crippen molar-refractivity contribution in [3.63, 3.8) is 0 Å². The number of aromatic nitrogens is 3. The Morgan fingerprint density at radius 3 is 2.54 bits per heavy atom. The fraction of sp³-hybridized carbons (Fsp3) is 0.333. The molecule has 1 aliphatic heterocycles. The molecular formula is C27H27N5O2S. The molecule has 2 aromatic heterocycles. The maximum Gasteiger partial charge on any atom is 0.316 e. The molecule has 0 aliphatic carbocycles. The van der Waals surface area contributed by atoms with E-state index in [0.717, 1.165) is 40.4 Å². The van der Waals surface area contributed by atoms with Crippen LogP contribution in [0, 0.1) is 11.3 Å². The molecule has 178 valence electrons. The Morgan fingerprint density at radius 1 is 1.06 bits per heavy atom. The van der Waals surface area contributed by atoms with Gasteiger partial charge in [-0.05, 0) is 43.2 Å². The van der Waals surface area contributed by atoms with Crippen LogP contribution < -0.4 is 4.74 Å². The van der Waals surface area contributed by atoms with Gasteiger partial charge in [-0.1, -0.05) is 36.4 Å². The minimum absolute atomic E-state index is 0.254. The van der Waals surface area contributed by atoms with Gasteiger partial charge in [0.15, 0.2) is 0 Å². The van der Waals surface area contributed by atoms with E-state index < -0.39 is 5.92 Å². The smallest absolute Gasteiger partial charge is 0.316 e. The van der Waals surface area contributed by atoms with Crippen LogP contribution in [-0.4, -0.2) is 45.1 Å². The van der Waals surface area contributed by atoms with Gasteiger partial charge in [0.25, 0.3) is 0 Å². The van der Waals surface area contributed by atoms with Gasteiger partial charge in [0.1, 0.15) is 17.5 Å². The quantitative estimate of drug-likeness (QED) is 0.367. The summed E-state index contributed by atoms with van der Waals surface area (Å²) in [5.74, 6) is -0.567. The van der Waals surface area contributed by atoms with Crippen molar-refractivity contribution in [1.29, 1.82) is 5.26 Å². The topological polar surface area (TPSA) is 84.2 Å². The first-order valence-electron chi connectivity index (χ1n) is 11.7. The first-order valence-corrected chi connectivity index (χ1v) is 12.6. The summed E-state index contributed by atoms with van der Waals surface area (Å²) in [4.78, 5) is 15.8. The minimum atomic E-state index is -0.567. The fourth-order valence-corrected chi connectivity index (χ4v) is 5.43. The highest BCUT2D eigenvalue weighted by Gasteiger charge is 2.22. The molecule has 8 heteroatoms. The molecule has 0 bridgehead atoms. The number of morpholine rings is 1. The lowest BCUT2D eigenvalue weighted by Crippen LogP contribution is -2.44. The number of hydrogen-bond donors (Lipinski definition) is 0. The average molecular weight is 486 g/mol. The van der Waals surface area contributed by atoms with Crippen LogP contribution in [0.25, 0.3) is 10.2 Å². The standard InChI is InChI=1S/C27H27N5O2S/c1-18-14-32(15-19(2)34-18)16-20-7-9-21(10-8-20)17-33-27-29-12-11-23(31-27)22(13-28)26-30-24-5-3-4-6-25(24)35-26/h3-12,18-19,22H,14-17H2,1-2H3. The molecule has 3 atom stereocenters. The molecule has 2 aromatic carbocycles. The van der Waals surface area contributed by atoms with Crippen molar-refractivity contribution in [2.75, 3.05) is 13.1 Å². The molecule has 7 nitrogen and oxygen atoms in total. The van der Waals surface area contributed by atoms with E-state index in [4.69, 9.17) is 9.47 Å². The van der Waals surface area contributed by atoms with Gasteiger partial charge in [-0.15, -0.1) is 11.3 Å². The number of thiazole rings is 1. The van der Waals surface area contributed by atoms with Gasteiger partial charge < -0.3 is 9.47 Å². The second kappa shape index (κ2) is 10.5. The van der Waals surface area contributed by atoms with Gasteiger partial charge in [0, 0.05) is 25.8 Å². The summed E-state index contributed by atoms with van der Waals surface area (Å²) < 4.78 is 12.7. The number of benzene rings is 2. The van der Waals surface area contributed by atoms with Crippen molar-refractivity contribution >= 4 is 21.6 Å². The van der Waals surface area contributed by atoms with Crippen LogP contribution in [0.5, 0.6) is 6.01 Å². The molecule has 0 spiro atoms. The summed E-state index contributed by atoms with van der Waals surface area (Å²) >= 11 is 1.51. The Kier molecular flexibility index (Phi) is 7.00.